The monoisotopic (exact) mass is 497 g/mol. The van der Waals surface area contributed by atoms with Crippen LogP contribution in [-0.4, -0.2) is 69.0 Å². The van der Waals surface area contributed by atoms with E-state index in [1.165, 1.54) is 11.3 Å². The number of ether oxygens (including phenoxy) is 4. The van der Waals surface area contributed by atoms with Crippen molar-refractivity contribution in [3.63, 3.8) is 0 Å². The number of benzene rings is 2. The fourth-order valence-corrected chi connectivity index (χ4v) is 4.35. The van der Waals surface area contributed by atoms with Crippen molar-refractivity contribution in [2.24, 2.45) is 0 Å². The van der Waals surface area contributed by atoms with Crippen molar-refractivity contribution in [2.45, 2.75) is 13.3 Å². The molecule has 0 atom stereocenters. The minimum absolute atomic E-state index is 0.224. The molecule has 2 heterocycles. The van der Waals surface area contributed by atoms with E-state index in [1.807, 2.05) is 35.7 Å². The molecule has 1 aliphatic heterocycles. The summed E-state index contributed by atoms with van der Waals surface area (Å²) in [7, 11) is 1.62. The van der Waals surface area contributed by atoms with Crippen LogP contribution in [0.4, 0.5) is 5.13 Å². The van der Waals surface area contributed by atoms with E-state index in [0.717, 1.165) is 56.3 Å². The van der Waals surface area contributed by atoms with Gasteiger partial charge < -0.3 is 18.9 Å². The van der Waals surface area contributed by atoms with Crippen molar-refractivity contribution in [1.82, 2.24) is 9.88 Å². The van der Waals surface area contributed by atoms with E-state index >= 15 is 0 Å². The Kier molecular flexibility index (Phi) is 8.94. The van der Waals surface area contributed by atoms with Gasteiger partial charge in [-0.1, -0.05) is 6.92 Å². The largest absolute Gasteiger partial charge is 0.496 e. The second-order valence-corrected chi connectivity index (χ2v) is 8.89. The molecule has 0 spiro atoms. The van der Waals surface area contributed by atoms with Gasteiger partial charge in [-0.2, -0.15) is 0 Å². The number of amides is 1. The third kappa shape index (κ3) is 6.94. The van der Waals surface area contributed by atoms with Crippen LogP contribution in [0.3, 0.4) is 0 Å². The number of carbonyl (C=O) groups excluding carboxylic acids is 1. The molecule has 1 aromatic heterocycles. The van der Waals surface area contributed by atoms with Gasteiger partial charge in [0.2, 0.25) is 0 Å². The van der Waals surface area contributed by atoms with E-state index in [4.69, 9.17) is 18.9 Å². The summed E-state index contributed by atoms with van der Waals surface area (Å²) in [6, 6.07) is 12.8. The van der Waals surface area contributed by atoms with Gasteiger partial charge >= 0.3 is 0 Å². The zero-order valence-electron chi connectivity index (χ0n) is 20.1. The molecule has 0 saturated carbocycles. The summed E-state index contributed by atoms with van der Waals surface area (Å²) in [5.41, 5.74) is 2.07. The van der Waals surface area contributed by atoms with Gasteiger partial charge in [0.15, 0.2) is 5.13 Å². The van der Waals surface area contributed by atoms with Crippen molar-refractivity contribution >= 4 is 22.4 Å². The Labute approximate surface area is 209 Å². The SMILES string of the molecule is CCCOc1ccc(OC)c(-c2csc(NC(=O)c3ccc(OCCN4CCOCC4)cc3)n2)c1. The van der Waals surface area contributed by atoms with E-state index in [0.29, 0.717) is 35.4 Å². The van der Waals surface area contributed by atoms with E-state index < -0.39 is 0 Å². The molecule has 0 bridgehead atoms. The Hall–Kier alpha value is -3.14. The van der Waals surface area contributed by atoms with Crippen LogP contribution in [-0.2, 0) is 4.74 Å². The predicted octanol–water partition coefficient (Wildman–Crippen LogP) is 4.57. The topological polar surface area (TPSA) is 82.2 Å². The summed E-state index contributed by atoms with van der Waals surface area (Å²) >= 11 is 1.36. The molecule has 1 N–H and O–H groups in total. The van der Waals surface area contributed by atoms with Crippen LogP contribution in [0.5, 0.6) is 17.2 Å². The Balaban J connectivity index is 1.34. The maximum atomic E-state index is 12.7. The van der Waals surface area contributed by atoms with E-state index in [2.05, 4.69) is 22.1 Å². The number of aromatic nitrogens is 1. The molecule has 3 aromatic rings. The highest BCUT2D eigenvalue weighted by atomic mass is 32.1. The van der Waals surface area contributed by atoms with Crippen LogP contribution < -0.4 is 19.5 Å². The molecule has 186 valence electrons. The van der Waals surface area contributed by atoms with Crippen molar-refractivity contribution in [1.29, 1.82) is 0 Å². The third-order valence-electron chi connectivity index (χ3n) is 5.54. The Morgan fingerprint density at radius 3 is 2.57 bits per heavy atom. The number of thiazole rings is 1. The van der Waals surface area contributed by atoms with Crippen molar-refractivity contribution in [3.05, 3.63) is 53.4 Å². The quantitative estimate of drug-likeness (QED) is 0.416. The summed E-state index contributed by atoms with van der Waals surface area (Å²) in [5, 5.41) is 5.28. The lowest BCUT2D eigenvalue weighted by atomic mass is 10.1. The number of methoxy groups -OCH3 is 1. The first kappa shape index (κ1) is 25.0. The third-order valence-corrected chi connectivity index (χ3v) is 6.30. The molecule has 0 aliphatic carbocycles. The van der Waals surface area contributed by atoms with Crippen molar-refractivity contribution in [3.8, 4) is 28.5 Å². The lowest BCUT2D eigenvalue weighted by molar-refractivity contribution is 0.0322. The van der Waals surface area contributed by atoms with Crippen LogP contribution in [0.1, 0.15) is 23.7 Å². The summed E-state index contributed by atoms with van der Waals surface area (Å²) in [5.74, 6) is 1.97. The van der Waals surface area contributed by atoms with Gasteiger partial charge in [0.1, 0.15) is 23.9 Å². The summed E-state index contributed by atoms with van der Waals surface area (Å²) in [6.45, 7) is 7.58. The maximum Gasteiger partial charge on any atom is 0.257 e. The molecule has 1 fully saturated rings. The summed E-state index contributed by atoms with van der Waals surface area (Å²) < 4.78 is 22.4. The van der Waals surface area contributed by atoms with E-state index in [9.17, 15) is 4.79 Å². The second kappa shape index (κ2) is 12.5. The van der Waals surface area contributed by atoms with E-state index in [1.54, 1.807) is 19.2 Å². The van der Waals surface area contributed by atoms with Crippen LogP contribution >= 0.6 is 11.3 Å². The molecule has 0 radical (unpaired) electrons. The molecule has 1 aliphatic rings. The number of nitrogens with one attached hydrogen (secondary N) is 1. The molecule has 4 rings (SSSR count). The van der Waals surface area contributed by atoms with Gasteiger partial charge in [-0.15, -0.1) is 11.3 Å². The number of nitrogens with zero attached hydrogens (tertiary/aromatic N) is 2. The maximum absolute atomic E-state index is 12.7. The normalized spacial score (nSPS) is 13.9. The van der Waals surface area contributed by atoms with Gasteiger partial charge in [-0.3, -0.25) is 15.0 Å². The Morgan fingerprint density at radius 1 is 1.09 bits per heavy atom. The van der Waals surface area contributed by atoms with Gasteiger partial charge in [0, 0.05) is 36.1 Å². The molecular formula is C26H31N3O5S. The lowest BCUT2D eigenvalue weighted by Crippen LogP contribution is -2.38. The number of rotatable bonds is 11. The molecule has 1 saturated heterocycles. The van der Waals surface area contributed by atoms with Crippen LogP contribution in [0.15, 0.2) is 47.8 Å². The fourth-order valence-electron chi connectivity index (χ4n) is 3.64. The minimum Gasteiger partial charge on any atom is -0.496 e. The molecule has 2 aromatic carbocycles. The van der Waals surface area contributed by atoms with Crippen molar-refractivity contribution in [2.75, 3.05) is 58.5 Å². The lowest BCUT2D eigenvalue weighted by Gasteiger charge is -2.26. The van der Waals surface area contributed by atoms with Crippen molar-refractivity contribution < 1.29 is 23.7 Å². The summed E-state index contributed by atoms with van der Waals surface area (Å²) in [4.78, 5) is 19.6. The molecule has 9 heteroatoms. The molecular weight excluding hydrogens is 466 g/mol. The molecule has 35 heavy (non-hydrogen) atoms. The summed E-state index contributed by atoms with van der Waals surface area (Å²) in [6.07, 6.45) is 0.926. The van der Waals surface area contributed by atoms with Crippen LogP contribution in [0.2, 0.25) is 0 Å². The van der Waals surface area contributed by atoms with Gasteiger partial charge in [-0.05, 0) is 48.9 Å². The average Bonchev–Trinajstić information content (AvgIpc) is 3.36. The predicted molar refractivity (Wildman–Crippen MR) is 137 cm³/mol. The smallest absolute Gasteiger partial charge is 0.257 e. The Morgan fingerprint density at radius 2 is 1.83 bits per heavy atom. The highest BCUT2D eigenvalue weighted by molar-refractivity contribution is 7.14. The van der Waals surface area contributed by atoms with E-state index in [-0.39, 0.29) is 5.91 Å². The first-order valence-corrected chi connectivity index (χ1v) is 12.7. The number of carbonyl (C=O) groups is 1. The number of morpholine rings is 1. The molecule has 1 amide bonds. The highest BCUT2D eigenvalue weighted by Crippen LogP contribution is 2.35. The van der Waals surface area contributed by atoms with Gasteiger partial charge in [0.05, 0.1) is 32.6 Å². The first-order chi connectivity index (χ1) is 17.2. The highest BCUT2D eigenvalue weighted by Gasteiger charge is 2.15. The zero-order valence-corrected chi connectivity index (χ0v) is 20.9. The molecule has 0 unspecified atom stereocenters. The second-order valence-electron chi connectivity index (χ2n) is 8.03. The van der Waals surface area contributed by atoms with Crippen LogP contribution in [0.25, 0.3) is 11.3 Å². The average molecular weight is 498 g/mol. The minimum atomic E-state index is -0.224. The fraction of sp³-hybridized carbons (Fsp3) is 0.385. The number of anilines is 1. The van der Waals surface area contributed by atoms with Gasteiger partial charge in [-0.25, -0.2) is 4.98 Å². The standard InChI is InChI=1S/C26H31N3O5S/c1-3-13-33-21-8-9-24(31-2)22(17-21)23-18-35-26(27-23)28-25(30)19-4-6-20(7-5-19)34-16-12-29-10-14-32-15-11-29/h4-9,17-18H,3,10-16H2,1-2H3,(H,27,28,30). The van der Waals surface area contributed by atoms with Gasteiger partial charge in [0.25, 0.3) is 5.91 Å². The Bertz CT molecular complexity index is 1100. The van der Waals surface area contributed by atoms with Crippen LogP contribution in [0, 0.1) is 0 Å². The number of hydrogen-bond donors (Lipinski definition) is 1. The zero-order chi connectivity index (χ0) is 24.5. The molecule has 8 nitrogen and oxygen atoms in total. The number of hydrogen-bond acceptors (Lipinski definition) is 8. The first-order valence-electron chi connectivity index (χ1n) is 11.8.